The lowest BCUT2D eigenvalue weighted by Gasteiger charge is -2.20. The largest absolute Gasteiger partial charge is 0.497 e. The number of fused-ring (bicyclic) bond motifs is 1. The van der Waals surface area contributed by atoms with Gasteiger partial charge in [0.1, 0.15) is 17.5 Å². The van der Waals surface area contributed by atoms with Crippen LogP contribution in [0.15, 0.2) is 30.3 Å². The first-order chi connectivity index (χ1) is 15.2. The van der Waals surface area contributed by atoms with Crippen LogP contribution in [-0.2, 0) is 14.3 Å². The molecule has 11 heteroatoms. The Hall–Kier alpha value is -3.30. The zero-order valence-electron chi connectivity index (χ0n) is 17.2. The summed E-state index contributed by atoms with van der Waals surface area (Å²) in [6.07, 6.45) is 0. The van der Waals surface area contributed by atoms with Crippen molar-refractivity contribution in [2.45, 2.75) is 13.0 Å². The second-order valence-corrected chi connectivity index (χ2v) is 7.50. The molecule has 0 aromatic heterocycles. The third-order valence-electron chi connectivity index (χ3n) is 4.71. The summed E-state index contributed by atoms with van der Waals surface area (Å²) in [5.74, 6) is -2.15. The highest BCUT2D eigenvalue weighted by molar-refractivity contribution is 6.43. The van der Waals surface area contributed by atoms with Crippen molar-refractivity contribution in [1.82, 2.24) is 4.90 Å². The summed E-state index contributed by atoms with van der Waals surface area (Å²) in [6, 6.07) is 6.05. The average molecular weight is 481 g/mol. The molecule has 1 aliphatic heterocycles. The Balaban J connectivity index is 1.65. The number of benzene rings is 2. The zero-order valence-corrected chi connectivity index (χ0v) is 18.7. The highest BCUT2D eigenvalue weighted by Crippen LogP contribution is 2.32. The highest BCUT2D eigenvalue weighted by atomic mass is 35.5. The van der Waals surface area contributed by atoms with Crippen LogP contribution in [0, 0.1) is 0 Å². The van der Waals surface area contributed by atoms with Crippen molar-refractivity contribution in [3.8, 4) is 11.5 Å². The summed E-state index contributed by atoms with van der Waals surface area (Å²) in [6.45, 7) is 0.667. The number of carbonyl (C=O) groups excluding carboxylic acids is 4. The number of nitrogens with one attached hydrogen (secondary N) is 1. The van der Waals surface area contributed by atoms with Gasteiger partial charge in [-0.05, 0) is 31.2 Å². The second kappa shape index (κ2) is 9.46. The number of rotatable bonds is 7. The monoisotopic (exact) mass is 480 g/mol. The smallest absolute Gasteiger partial charge is 0.329 e. The van der Waals surface area contributed by atoms with E-state index in [1.807, 2.05) is 0 Å². The molecule has 2 aromatic carbocycles. The van der Waals surface area contributed by atoms with Gasteiger partial charge >= 0.3 is 5.97 Å². The fourth-order valence-corrected chi connectivity index (χ4v) is 3.39. The maximum Gasteiger partial charge on any atom is 0.329 e. The quantitative estimate of drug-likeness (QED) is 0.478. The van der Waals surface area contributed by atoms with E-state index in [-0.39, 0.29) is 21.2 Å². The minimum Gasteiger partial charge on any atom is -0.497 e. The lowest BCUT2D eigenvalue weighted by molar-refractivity contribution is -0.150. The van der Waals surface area contributed by atoms with Crippen LogP contribution >= 0.6 is 23.2 Å². The van der Waals surface area contributed by atoms with Crippen LogP contribution in [0.2, 0.25) is 10.0 Å². The van der Waals surface area contributed by atoms with E-state index in [2.05, 4.69) is 5.32 Å². The second-order valence-electron chi connectivity index (χ2n) is 6.69. The molecular weight excluding hydrogens is 463 g/mol. The van der Waals surface area contributed by atoms with E-state index in [0.29, 0.717) is 17.2 Å². The predicted molar refractivity (Wildman–Crippen MR) is 116 cm³/mol. The number of hydrogen-bond donors (Lipinski definition) is 1. The molecule has 0 saturated carbocycles. The standard InChI is InChI=1S/C21H18Cl2N2O7/c1-10(25-19(27)12-7-14(22)15(23)8-13(12)20(25)28)21(29)32-9-18(26)24-16-6-11(30-2)4-5-17(16)31-3/h4-8,10H,9H2,1-3H3,(H,24,26). The molecule has 0 saturated heterocycles. The fourth-order valence-electron chi connectivity index (χ4n) is 3.06. The molecule has 0 fully saturated rings. The van der Waals surface area contributed by atoms with Crippen LogP contribution in [0.4, 0.5) is 5.69 Å². The van der Waals surface area contributed by atoms with Crippen LogP contribution in [0.25, 0.3) is 0 Å². The zero-order chi connectivity index (χ0) is 23.6. The van der Waals surface area contributed by atoms with Crippen molar-refractivity contribution in [2.24, 2.45) is 0 Å². The molecule has 0 radical (unpaired) electrons. The van der Waals surface area contributed by atoms with Crippen molar-refractivity contribution < 1.29 is 33.4 Å². The van der Waals surface area contributed by atoms with Crippen LogP contribution in [0.3, 0.4) is 0 Å². The van der Waals surface area contributed by atoms with Gasteiger partial charge in [0.15, 0.2) is 6.61 Å². The maximum atomic E-state index is 12.6. The minimum atomic E-state index is -1.28. The Morgan fingerprint density at radius 2 is 1.59 bits per heavy atom. The van der Waals surface area contributed by atoms with Gasteiger partial charge in [-0.3, -0.25) is 19.3 Å². The van der Waals surface area contributed by atoms with Crippen molar-refractivity contribution in [1.29, 1.82) is 0 Å². The number of imide groups is 1. The first kappa shape index (κ1) is 23.4. The molecule has 1 N–H and O–H groups in total. The molecule has 32 heavy (non-hydrogen) atoms. The number of ether oxygens (including phenoxy) is 3. The summed E-state index contributed by atoms with van der Waals surface area (Å²) in [4.78, 5) is 50.7. The van der Waals surface area contributed by atoms with Gasteiger partial charge in [-0.25, -0.2) is 4.79 Å². The van der Waals surface area contributed by atoms with E-state index in [0.717, 1.165) is 4.90 Å². The van der Waals surface area contributed by atoms with Gasteiger partial charge < -0.3 is 19.5 Å². The number of hydrogen-bond acceptors (Lipinski definition) is 7. The van der Waals surface area contributed by atoms with Crippen LogP contribution in [0.5, 0.6) is 11.5 Å². The summed E-state index contributed by atoms with van der Waals surface area (Å²) in [7, 11) is 2.90. The molecule has 1 atom stereocenters. The van der Waals surface area contributed by atoms with Gasteiger partial charge in [-0.2, -0.15) is 0 Å². The molecule has 1 unspecified atom stereocenters. The van der Waals surface area contributed by atoms with Crippen molar-refractivity contribution in [3.63, 3.8) is 0 Å². The van der Waals surface area contributed by atoms with Gasteiger partial charge in [-0.1, -0.05) is 23.2 Å². The molecule has 1 aliphatic rings. The van der Waals surface area contributed by atoms with Crippen LogP contribution < -0.4 is 14.8 Å². The molecule has 0 bridgehead atoms. The molecule has 168 valence electrons. The van der Waals surface area contributed by atoms with E-state index in [9.17, 15) is 19.2 Å². The molecule has 0 aliphatic carbocycles. The van der Waals surface area contributed by atoms with Crippen LogP contribution in [-0.4, -0.2) is 55.5 Å². The Labute approximate surface area is 193 Å². The number of nitrogens with zero attached hydrogens (tertiary/aromatic N) is 1. The van der Waals surface area contributed by atoms with Gasteiger partial charge in [0.05, 0.1) is 41.1 Å². The number of amides is 3. The van der Waals surface area contributed by atoms with E-state index >= 15 is 0 Å². The van der Waals surface area contributed by atoms with Gasteiger partial charge in [-0.15, -0.1) is 0 Å². The Morgan fingerprint density at radius 1 is 1.00 bits per heavy atom. The van der Waals surface area contributed by atoms with Crippen molar-refractivity contribution >= 4 is 52.6 Å². The summed E-state index contributed by atoms with van der Waals surface area (Å²) in [5, 5.41) is 2.76. The molecule has 0 spiro atoms. The molecule has 3 amide bonds. The van der Waals surface area contributed by atoms with Gasteiger partial charge in [0.2, 0.25) is 0 Å². The molecular formula is C21H18Cl2N2O7. The summed E-state index contributed by atoms with van der Waals surface area (Å²) >= 11 is 11.8. The highest BCUT2D eigenvalue weighted by Gasteiger charge is 2.42. The number of esters is 1. The summed E-state index contributed by atoms with van der Waals surface area (Å²) < 4.78 is 15.3. The van der Waals surface area contributed by atoms with E-state index < -0.39 is 36.3 Å². The fraction of sp³-hybridized carbons (Fsp3) is 0.238. The third kappa shape index (κ3) is 4.49. The van der Waals surface area contributed by atoms with Crippen LogP contribution in [0.1, 0.15) is 27.6 Å². The van der Waals surface area contributed by atoms with Gasteiger partial charge in [0.25, 0.3) is 17.7 Å². The minimum absolute atomic E-state index is 0.0342. The summed E-state index contributed by atoms with van der Waals surface area (Å²) in [5.41, 5.74) is 0.383. The van der Waals surface area contributed by atoms with E-state index in [1.165, 1.54) is 39.3 Å². The van der Waals surface area contributed by atoms with E-state index in [1.54, 1.807) is 12.1 Å². The van der Waals surface area contributed by atoms with Crippen molar-refractivity contribution in [2.75, 3.05) is 26.1 Å². The lowest BCUT2D eigenvalue weighted by atomic mass is 10.1. The third-order valence-corrected chi connectivity index (χ3v) is 5.44. The van der Waals surface area contributed by atoms with Gasteiger partial charge in [0, 0.05) is 6.07 Å². The first-order valence-electron chi connectivity index (χ1n) is 9.23. The maximum absolute atomic E-state index is 12.6. The molecule has 9 nitrogen and oxygen atoms in total. The molecule has 2 aromatic rings. The number of anilines is 1. The predicted octanol–water partition coefficient (Wildman–Crippen LogP) is 3.18. The average Bonchev–Trinajstić information content (AvgIpc) is 3.01. The Morgan fingerprint density at radius 3 is 2.12 bits per heavy atom. The first-order valence-corrected chi connectivity index (χ1v) is 9.99. The number of halogens is 2. The Bertz CT molecular complexity index is 1080. The molecule has 1 heterocycles. The number of methoxy groups -OCH3 is 2. The number of carbonyl (C=O) groups is 4. The lowest BCUT2D eigenvalue weighted by Crippen LogP contribution is -2.44. The van der Waals surface area contributed by atoms with E-state index in [4.69, 9.17) is 37.4 Å². The Kier molecular flexibility index (Phi) is 6.90. The topological polar surface area (TPSA) is 111 Å². The molecule has 3 rings (SSSR count). The normalized spacial score (nSPS) is 13.5. The van der Waals surface area contributed by atoms with Crippen molar-refractivity contribution in [3.05, 3.63) is 51.5 Å². The SMILES string of the molecule is COc1ccc(OC)c(NC(=O)COC(=O)C(C)N2C(=O)c3cc(Cl)c(Cl)cc3C2=O)c1.